The van der Waals surface area contributed by atoms with Gasteiger partial charge in [-0.3, -0.25) is 0 Å². The zero-order chi connectivity index (χ0) is 17.4. The number of fused-ring (bicyclic) bond motifs is 1. The molecule has 1 N–H and O–H groups in total. The third-order valence-electron chi connectivity index (χ3n) is 3.80. The Hall–Kier alpha value is -1.90. The number of halogens is 3. The van der Waals surface area contributed by atoms with E-state index in [1.807, 2.05) is 25.9 Å². The van der Waals surface area contributed by atoms with Crippen LogP contribution in [0.3, 0.4) is 0 Å². The number of aromatic nitrogens is 4. The lowest BCUT2D eigenvalue weighted by Crippen LogP contribution is -2.41. The van der Waals surface area contributed by atoms with Crippen molar-refractivity contribution < 1.29 is 13.2 Å². The molecule has 0 aliphatic heterocycles. The van der Waals surface area contributed by atoms with E-state index >= 15 is 0 Å². The van der Waals surface area contributed by atoms with Crippen molar-refractivity contribution in [1.82, 2.24) is 24.5 Å². The van der Waals surface area contributed by atoms with Crippen LogP contribution in [0, 0.1) is 5.41 Å². The van der Waals surface area contributed by atoms with E-state index in [9.17, 15) is 13.2 Å². The summed E-state index contributed by atoms with van der Waals surface area (Å²) in [6.07, 6.45) is -3.35. The molecule has 0 saturated carbocycles. The van der Waals surface area contributed by atoms with Crippen LogP contribution in [-0.2, 0) is 6.18 Å². The molecule has 23 heavy (non-hydrogen) atoms. The first-order valence-corrected chi connectivity index (χ1v) is 7.20. The van der Waals surface area contributed by atoms with Crippen molar-refractivity contribution in [2.75, 3.05) is 26.0 Å². The lowest BCUT2D eigenvalue weighted by molar-refractivity contribution is -0.141. The SMILES string of the molecule is C[C@H](Nc1cc(C(F)(F)F)nc2ncnn12)C(C)(C)CN(C)C. The van der Waals surface area contributed by atoms with Crippen LogP contribution < -0.4 is 5.32 Å². The fourth-order valence-corrected chi connectivity index (χ4v) is 2.43. The number of hydrogen-bond acceptors (Lipinski definition) is 5. The molecule has 2 heterocycles. The molecule has 6 nitrogen and oxygen atoms in total. The number of hydrogen-bond donors (Lipinski definition) is 1. The summed E-state index contributed by atoms with van der Waals surface area (Å²) in [5.41, 5.74) is -1.16. The summed E-state index contributed by atoms with van der Waals surface area (Å²) in [6, 6.07) is 0.866. The zero-order valence-corrected chi connectivity index (χ0v) is 13.8. The summed E-state index contributed by atoms with van der Waals surface area (Å²) >= 11 is 0. The summed E-state index contributed by atoms with van der Waals surface area (Å²) < 4.78 is 40.2. The van der Waals surface area contributed by atoms with E-state index in [0.29, 0.717) is 0 Å². The van der Waals surface area contributed by atoms with E-state index in [-0.39, 0.29) is 23.1 Å². The molecule has 0 radical (unpaired) electrons. The predicted octanol–water partition coefficient (Wildman–Crippen LogP) is 2.53. The monoisotopic (exact) mass is 330 g/mol. The maximum absolute atomic E-state index is 13.0. The van der Waals surface area contributed by atoms with E-state index in [1.165, 1.54) is 10.8 Å². The molecule has 0 aliphatic carbocycles. The van der Waals surface area contributed by atoms with E-state index in [1.54, 1.807) is 0 Å². The predicted molar refractivity (Wildman–Crippen MR) is 81.2 cm³/mol. The first-order valence-electron chi connectivity index (χ1n) is 7.20. The zero-order valence-electron chi connectivity index (χ0n) is 13.8. The quantitative estimate of drug-likeness (QED) is 0.913. The molecule has 0 bridgehead atoms. The highest BCUT2D eigenvalue weighted by Gasteiger charge is 2.35. The van der Waals surface area contributed by atoms with Gasteiger partial charge in [-0.25, -0.2) is 4.98 Å². The van der Waals surface area contributed by atoms with Crippen LogP contribution in [0.5, 0.6) is 0 Å². The second-order valence-corrected chi connectivity index (χ2v) is 6.59. The molecule has 128 valence electrons. The van der Waals surface area contributed by atoms with E-state index in [0.717, 1.165) is 12.6 Å². The van der Waals surface area contributed by atoms with Gasteiger partial charge >= 0.3 is 6.18 Å². The Balaban J connectivity index is 2.37. The first kappa shape index (κ1) is 17.5. The Kier molecular flexibility index (Phi) is 4.52. The summed E-state index contributed by atoms with van der Waals surface area (Å²) in [7, 11) is 3.91. The lowest BCUT2D eigenvalue weighted by Gasteiger charge is -2.35. The highest BCUT2D eigenvalue weighted by atomic mass is 19.4. The molecule has 2 aromatic rings. The molecule has 0 aromatic carbocycles. The third-order valence-corrected chi connectivity index (χ3v) is 3.80. The van der Waals surface area contributed by atoms with Crippen LogP contribution in [0.4, 0.5) is 19.0 Å². The van der Waals surface area contributed by atoms with Crippen molar-refractivity contribution >= 4 is 11.6 Å². The Bertz CT molecular complexity index is 677. The van der Waals surface area contributed by atoms with Gasteiger partial charge in [0, 0.05) is 18.7 Å². The van der Waals surface area contributed by atoms with Crippen molar-refractivity contribution in [2.24, 2.45) is 5.41 Å². The van der Waals surface area contributed by atoms with Gasteiger partial charge in [-0.1, -0.05) is 13.8 Å². The number of nitrogens with zero attached hydrogens (tertiary/aromatic N) is 5. The smallest absolute Gasteiger partial charge is 0.367 e. The van der Waals surface area contributed by atoms with Gasteiger partial charge in [-0.15, -0.1) is 0 Å². The number of rotatable bonds is 5. The molecule has 0 unspecified atom stereocenters. The van der Waals surface area contributed by atoms with Gasteiger partial charge in [0.15, 0.2) is 5.69 Å². The lowest BCUT2D eigenvalue weighted by atomic mass is 9.85. The summed E-state index contributed by atoms with van der Waals surface area (Å²) in [5.74, 6) is 0.138. The molecular weight excluding hydrogens is 309 g/mol. The topological polar surface area (TPSA) is 58.4 Å². The summed E-state index contributed by atoms with van der Waals surface area (Å²) in [4.78, 5) is 9.30. The van der Waals surface area contributed by atoms with Crippen molar-refractivity contribution in [1.29, 1.82) is 0 Å². The Morgan fingerprint density at radius 1 is 1.30 bits per heavy atom. The molecular formula is C14H21F3N6. The third kappa shape index (κ3) is 3.90. The Morgan fingerprint density at radius 2 is 1.96 bits per heavy atom. The van der Waals surface area contributed by atoms with Crippen molar-refractivity contribution in [3.05, 3.63) is 18.1 Å². The molecule has 2 aromatic heterocycles. The Morgan fingerprint density at radius 3 is 2.52 bits per heavy atom. The fraction of sp³-hybridized carbons (Fsp3) is 0.643. The van der Waals surface area contributed by atoms with Crippen LogP contribution in [0.1, 0.15) is 26.5 Å². The van der Waals surface area contributed by atoms with Gasteiger partial charge in [0.05, 0.1) is 0 Å². The number of anilines is 1. The molecule has 0 saturated heterocycles. The van der Waals surface area contributed by atoms with Gasteiger partial charge in [-0.05, 0) is 26.4 Å². The van der Waals surface area contributed by atoms with Crippen LogP contribution in [-0.4, -0.2) is 51.2 Å². The fourth-order valence-electron chi connectivity index (χ4n) is 2.43. The van der Waals surface area contributed by atoms with Crippen LogP contribution in [0.15, 0.2) is 12.4 Å². The summed E-state index contributed by atoms with van der Waals surface area (Å²) in [6.45, 7) is 6.81. The number of alkyl halides is 3. The second-order valence-electron chi connectivity index (χ2n) is 6.59. The minimum atomic E-state index is -4.54. The number of nitrogens with one attached hydrogen (secondary N) is 1. The highest BCUT2D eigenvalue weighted by Crippen LogP contribution is 2.31. The largest absolute Gasteiger partial charge is 0.433 e. The maximum atomic E-state index is 13.0. The molecule has 0 spiro atoms. The first-order chi connectivity index (χ1) is 10.5. The average Bonchev–Trinajstić information content (AvgIpc) is 2.84. The van der Waals surface area contributed by atoms with Gasteiger partial charge in [0.2, 0.25) is 0 Å². The van der Waals surface area contributed by atoms with Crippen LogP contribution >= 0.6 is 0 Å². The van der Waals surface area contributed by atoms with E-state index in [2.05, 4.69) is 34.2 Å². The highest BCUT2D eigenvalue weighted by molar-refractivity contribution is 5.46. The summed E-state index contributed by atoms with van der Waals surface area (Å²) in [5, 5.41) is 7.06. The molecule has 0 fully saturated rings. The van der Waals surface area contributed by atoms with E-state index in [4.69, 9.17) is 0 Å². The minimum absolute atomic E-state index is 0.0834. The molecule has 0 aliphatic rings. The molecule has 9 heteroatoms. The molecule has 1 atom stereocenters. The molecule has 0 amide bonds. The van der Waals surface area contributed by atoms with Gasteiger partial charge in [0.25, 0.3) is 5.78 Å². The second kappa shape index (κ2) is 5.95. The van der Waals surface area contributed by atoms with Crippen molar-refractivity contribution in [2.45, 2.75) is 33.0 Å². The molecule has 2 rings (SSSR count). The van der Waals surface area contributed by atoms with Gasteiger partial charge in [0.1, 0.15) is 12.1 Å². The maximum Gasteiger partial charge on any atom is 0.433 e. The van der Waals surface area contributed by atoms with Crippen molar-refractivity contribution in [3.63, 3.8) is 0 Å². The van der Waals surface area contributed by atoms with Gasteiger partial charge < -0.3 is 10.2 Å². The normalized spacial score (nSPS) is 14.5. The van der Waals surface area contributed by atoms with Crippen LogP contribution in [0.2, 0.25) is 0 Å². The van der Waals surface area contributed by atoms with Gasteiger partial charge in [-0.2, -0.15) is 27.8 Å². The van der Waals surface area contributed by atoms with Crippen molar-refractivity contribution in [3.8, 4) is 0 Å². The Labute approximate surface area is 132 Å². The van der Waals surface area contributed by atoms with E-state index < -0.39 is 11.9 Å². The standard InChI is InChI=1S/C14H21F3N6/c1-9(13(2,3)7-22(4)5)20-11-6-10(14(15,16)17)21-12-18-8-19-23(11)12/h6,8-9,20H,7H2,1-5H3/t9-/m0/s1. The van der Waals surface area contributed by atoms with Crippen LogP contribution in [0.25, 0.3) is 5.78 Å². The average molecular weight is 330 g/mol. The minimum Gasteiger partial charge on any atom is -0.367 e.